The molecule has 2 aromatic heterocycles. The molecule has 0 unspecified atom stereocenters. The van der Waals surface area contributed by atoms with Gasteiger partial charge >= 0.3 is 0 Å². The van der Waals surface area contributed by atoms with Crippen molar-refractivity contribution < 1.29 is 14.0 Å². The SMILES string of the molecule is Cc1ccc(Cn2nc(C)c(C(=O)N3CCN(C(=O)c4ccco4)CC3)c2Cl)cc1. The van der Waals surface area contributed by atoms with Crippen LogP contribution in [0.5, 0.6) is 0 Å². The summed E-state index contributed by atoms with van der Waals surface area (Å²) in [7, 11) is 0. The number of nitrogens with zero attached hydrogens (tertiary/aromatic N) is 4. The molecule has 0 atom stereocenters. The molecule has 1 aliphatic rings. The molecule has 0 bridgehead atoms. The number of rotatable bonds is 4. The minimum absolute atomic E-state index is 0.155. The Kier molecular flexibility index (Phi) is 5.63. The summed E-state index contributed by atoms with van der Waals surface area (Å²) in [6.45, 7) is 6.08. The third-order valence-electron chi connectivity index (χ3n) is 5.32. The van der Waals surface area contributed by atoms with E-state index in [1.165, 1.54) is 11.8 Å². The fourth-order valence-corrected chi connectivity index (χ4v) is 3.91. The maximum absolute atomic E-state index is 13.1. The van der Waals surface area contributed by atoms with Crippen LogP contribution >= 0.6 is 11.6 Å². The van der Waals surface area contributed by atoms with Crippen LogP contribution in [0.4, 0.5) is 0 Å². The number of hydrogen-bond donors (Lipinski definition) is 0. The number of amides is 2. The second kappa shape index (κ2) is 8.36. The van der Waals surface area contributed by atoms with Crippen LogP contribution in [0.3, 0.4) is 0 Å². The highest BCUT2D eigenvalue weighted by Crippen LogP contribution is 2.23. The largest absolute Gasteiger partial charge is 0.459 e. The number of aryl methyl sites for hydroxylation is 2. The lowest BCUT2D eigenvalue weighted by Crippen LogP contribution is -2.50. The van der Waals surface area contributed by atoms with E-state index < -0.39 is 0 Å². The molecule has 0 N–H and O–H groups in total. The highest BCUT2D eigenvalue weighted by Gasteiger charge is 2.30. The second-order valence-corrected chi connectivity index (χ2v) is 7.81. The fourth-order valence-electron chi connectivity index (χ4n) is 3.59. The maximum Gasteiger partial charge on any atom is 0.289 e. The van der Waals surface area contributed by atoms with Crippen LogP contribution in [0.25, 0.3) is 0 Å². The Hall–Kier alpha value is -3.06. The molecule has 0 saturated carbocycles. The van der Waals surface area contributed by atoms with Crippen molar-refractivity contribution in [3.05, 3.63) is 76.0 Å². The molecule has 7 nitrogen and oxygen atoms in total. The molecule has 8 heteroatoms. The first-order chi connectivity index (χ1) is 14.4. The van der Waals surface area contributed by atoms with Gasteiger partial charge in [-0.15, -0.1) is 0 Å². The summed E-state index contributed by atoms with van der Waals surface area (Å²) in [5.41, 5.74) is 3.27. The highest BCUT2D eigenvalue weighted by molar-refractivity contribution is 6.33. The number of piperazine rings is 1. The van der Waals surface area contributed by atoms with Crippen molar-refractivity contribution in [3.63, 3.8) is 0 Å². The smallest absolute Gasteiger partial charge is 0.289 e. The summed E-state index contributed by atoms with van der Waals surface area (Å²) in [6, 6.07) is 11.5. The number of aromatic nitrogens is 2. The first-order valence-electron chi connectivity index (χ1n) is 9.84. The van der Waals surface area contributed by atoms with E-state index in [1.807, 2.05) is 31.2 Å². The Morgan fingerprint density at radius 1 is 1.00 bits per heavy atom. The van der Waals surface area contributed by atoms with E-state index in [4.69, 9.17) is 16.0 Å². The summed E-state index contributed by atoms with van der Waals surface area (Å²) >= 11 is 6.55. The molecule has 0 spiro atoms. The van der Waals surface area contributed by atoms with Gasteiger partial charge < -0.3 is 14.2 Å². The minimum atomic E-state index is -0.160. The molecule has 1 fully saturated rings. The molecule has 1 saturated heterocycles. The van der Waals surface area contributed by atoms with E-state index in [-0.39, 0.29) is 11.8 Å². The van der Waals surface area contributed by atoms with E-state index in [9.17, 15) is 9.59 Å². The van der Waals surface area contributed by atoms with Crippen LogP contribution in [0.15, 0.2) is 47.1 Å². The van der Waals surface area contributed by atoms with Gasteiger partial charge in [0.2, 0.25) is 0 Å². The predicted octanol–water partition coefficient (Wildman–Crippen LogP) is 3.39. The van der Waals surface area contributed by atoms with Crippen LogP contribution in [-0.2, 0) is 6.54 Å². The van der Waals surface area contributed by atoms with Gasteiger partial charge in [-0.05, 0) is 31.5 Å². The van der Waals surface area contributed by atoms with Crippen LogP contribution in [0, 0.1) is 13.8 Å². The molecule has 0 radical (unpaired) electrons. The van der Waals surface area contributed by atoms with Crippen molar-refractivity contribution in [2.24, 2.45) is 0 Å². The van der Waals surface area contributed by atoms with Crippen molar-refractivity contribution in [1.29, 1.82) is 0 Å². The van der Waals surface area contributed by atoms with Gasteiger partial charge in [-0.3, -0.25) is 9.59 Å². The second-order valence-electron chi connectivity index (χ2n) is 7.46. The van der Waals surface area contributed by atoms with Crippen LogP contribution in [0.1, 0.15) is 37.7 Å². The van der Waals surface area contributed by atoms with Crippen molar-refractivity contribution in [2.75, 3.05) is 26.2 Å². The molecular weight excluding hydrogens is 404 g/mol. The lowest BCUT2D eigenvalue weighted by Gasteiger charge is -2.34. The Balaban J connectivity index is 1.44. The fraction of sp³-hybridized carbons (Fsp3) is 0.318. The van der Waals surface area contributed by atoms with Crippen LogP contribution in [-0.4, -0.2) is 57.6 Å². The summed E-state index contributed by atoms with van der Waals surface area (Å²) in [5.74, 6) is -0.00368. The van der Waals surface area contributed by atoms with E-state index in [1.54, 1.807) is 33.5 Å². The molecule has 3 aromatic rings. The quantitative estimate of drug-likeness (QED) is 0.641. The molecule has 1 aromatic carbocycles. The highest BCUT2D eigenvalue weighted by atomic mass is 35.5. The lowest BCUT2D eigenvalue weighted by atomic mass is 10.1. The van der Waals surface area contributed by atoms with Gasteiger partial charge in [0.1, 0.15) is 5.15 Å². The number of carbonyl (C=O) groups is 2. The Morgan fingerprint density at radius 2 is 1.63 bits per heavy atom. The summed E-state index contributed by atoms with van der Waals surface area (Å²) in [4.78, 5) is 28.9. The topological polar surface area (TPSA) is 71.6 Å². The van der Waals surface area contributed by atoms with Gasteiger partial charge in [-0.1, -0.05) is 41.4 Å². The number of hydrogen-bond acceptors (Lipinski definition) is 4. The van der Waals surface area contributed by atoms with Crippen molar-refractivity contribution in [3.8, 4) is 0 Å². The Morgan fingerprint density at radius 3 is 2.23 bits per heavy atom. The molecule has 1 aliphatic heterocycles. The average Bonchev–Trinajstić information content (AvgIpc) is 3.37. The number of furan rings is 1. The predicted molar refractivity (Wildman–Crippen MR) is 113 cm³/mol. The average molecular weight is 427 g/mol. The molecule has 3 heterocycles. The van der Waals surface area contributed by atoms with Gasteiger partial charge in [0, 0.05) is 26.2 Å². The zero-order valence-corrected chi connectivity index (χ0v) is 17.7. The van der Waals surface area contributed by atoms with E-state index >= 15 is 0 Å². The van der Waals surface area contributed by atoms with E-state index in [0.29, 0.717) is 54.9 Å². The number of benzene rings is 1. The Labute approximate surface area is 179 Å². The summed E-state index contributed by atoms with van der Waals surface area (Å²) in [5, 5.41) is 4.82. The van der Waals surface area contributed by atoms with Crippen molar-refractivity contribution in [2.45, 2.75) is 20.4 Å². The van der Waals surface area contributed by atoms with Crippen LogP contribution < -0.4 is 0 Å². The van der Waals surface area contributed by atoms with Gasteiger partial charge in [0.25, 0.3) is 11.8 Å². The molecule has 2 amide bonds. The zero-order valence-electron chi connectivity index (χ0n) is 17.0. The van der Waals surface area contributed by atoms with Gasteiger partial charge in [0.15, 0.2) is 5.76 Å². The van der Waals surface area contributed by atoms with Crippen LogP contribution in [0.2, 0.25) is 5.15 Å². The molecule has 4 rings (SSSR count). The first kappa shape index (κ1) is 20.2. The summed E-state index contributed by atoms with van der Waals surface area (Å²) in [6.07, 6.45) is 1.48. The molecule has 30 heavy (non-hydrogen) atoms. The molecule has 156 valence electrons. The number of carbonyl (C=O) groups excluding carboxylic acids is 2. The third-order valence-corrected chi connectivity index (χ3v) is 5.70. The van der Waals surface area contributed by atoms with Crippen molar-refractivity contribution >= 4 is 23.4 Å². The normalized spacial score (nSPS) is 14.2. The maximum atomic E-state index is 13.1. The third kappa shape index (κ3) is 3.98. The lowest BCUT2D eigenvalue weighted by molar-refractivity contribution is 0.0517. The zero-order chi connectivity index (χ0) is 21.3. The summed E-state index contributed by atoms with van der Waals surface area (Å²) < 4.78 is 6.84. The first-order valence-corrected chi connectivity index (χ1v) is 10.2. The Bertz CT molecular complexity index is 1050. The molecular formula is C22H23ClN4O3. The standard InChI is InChI=1S/C22H23ClN4O3/c1-15-5-7-17(8-6-15)14-27-20(23)19(16(2)24-27)22(29)26-11-9-25(10-12-26)21(28)18-4-3-13-30-18/h3-8,13H,9-12,14H2,1-2H3. The minimum Gasteiger partial charge on any atom is -0.459 e. The van der Waals surface area contributed by atoms with E-state index in [0.717, 1.165) is 5.56 Å². The van der Waals surface area contributed by atoms with Gasteiger partial charge in [-0.25, -0.2) is 4.68 Å². The number of halogens is 1. The monoisotopic (exact) mass is 426 g/mol. The van der Waals surface area contributed by atoms with Gasteiger partial charge in [-0.2, -0.15) is 5.10 Å². The van der Waals surface area contributed by atoms with Gasteiger partial charge in [0.05, 0.1) is 24.1 Å². The van der Waals surface area contributed by atoms with E-state index in [2.05, 4.69) is 5.10 Å². The van der Waals surface area contributed by atoms with Crippen molar-refractivity contribution in [1.82, 2.24) is 19.6 Å². The molecule has 0 aliphatic carbocycles.